The molecule has 0 saturated heterocycles. The zero-order chi connectivity index (χ0) is 14.4. The number of aromatic nitrogens is 2. The van der Waals surface area contributed by atoms with Gasteiger partial charge >= 0.3 is 5.97 Å². The molecule has 4 aliphatic carbocycles. The zero-order valence-electron chi connectivity index (χ0n) is 12.5. The Labute approximate surface area is 124 Å². The Bertz CT molecular complexity index is 516. The number of rotatable bonds is 4. The first-order valence-electron chi connectivity index (χ1n) is 8.15. The molecule has 5 heteroatoms. The summed E-state index contributed by atoms with van der Waals surface area (Å²) in [5.41, 5.74) is 0.354. The average molecular weight is 290 g/mol. The summed E-state index contributed by atoms with van der Waals surface area (Å²) >= 11 is 0. The van der Waals surface area contributed by atoms with Crippen LogP contribution in [0.25, 0.3) is 0 Å². The molecule has 1 heterocycles. The normalized spacial score (nSPS) is 36.9. The van der Waals surface area contributed by atoms with Crippen molar-refractivity contribution in [2.45, 2.75) is 51.9 Å². The van der Waals surface area contributed by atoms with Crippen LogP contribution in [0.15, 0.2) is 4.52 Å². The summed E-state index contributed by atoms with van der Waals surface area (Å²) in [5.74, 6) is 2.91. The van der Waals surface area contributed by atoms with Crippen LogP contribution in [-0.4, -0.2) is 22.7 Å². The summed E-state index contributed by atoms with van der Waals surface area (Å²) in [4.78, 5) is 15.9. The summed E-state index contributed by atoms with van der Waals surface area (Å²) < 4.78 is 10.2. The van der Waals surface area contributed by atoms with E-state index >= 15 is 0 Å². The second-order valence-corrected chi connectivity index (χ2v) is 7.33. The van der Waals surface area contributed by atoms with Gasteiger partial charge in [0.25, 0.3) is 5.82 Å². The molecule has 0 spiro atoms. The standard InChI is InChI=1S/C16H22N2O3/c1-2-20-15(19)14-17-13(21-18-14)9-16-6-10-3-11(7-16)5-12(4-10)8-16/h10-12H,2-9H2,1H3. The molecule has 0 radical (unpaired) electrons. The van der Waals surface area contributed by atoms with Gasteiger partial charge in [-0.1, -0.05) is 0 Å². The lowest BCUT2D eigenvalue weighted by Crippen LogP contribution is -2.47. The SMILES string of the molecule is CCOC(=O)c1noc(CC23CC4CC(CC(C4)C2)C3)n1. The predicted molar refractivity (Wildman–Crippen MR) is 74.6 cm³/mol. The van der Waals surface area contributed by atoms with Crippen LogP contribution in [0.2, 0.25) is 0 Å². The minimum absolute atomic E-state index is 0.0663. The molecule has 4 aliphatic rings. The smallest absolute Gasteiger partial charge is 0.379 e. The molecule has 0 aliphatic heterocycles. The van der Waals surface area contributed by atoms with Crippen molar-refractivity contribution < 1.29 is 14.1 Å². The maximum absolute atomic E-state index is 11.6. The highest BCUT2D eigenvalue weighted by molar-refractivity contribution is 5.84. The quantitative estimate of drug-likeness (QED) is 0.797. The average Bonchev–Trinajstić information content (AvgIpc) is 2.85. The third-order valence-electron chi connectivity index (χ3n) is 5.62. The number of ether oxygens (including phenoxy) is 1. The van der Waals surface area contributed by atoms with Gasteiger partial charge in [-0.05, 0) is 73.8 Å². The Morgan fingerprint density at radius 2 is 1.86 bits per heavy atom. The minimum atomic E-state index is -0.488. The molecular weight excluding hydrogens is 268 g/mol. The van der Waals surface area contributed by atoms with Crippen LogP contribution < -0.4 is 0 Å². The maximum Gasteiger partial charge on any atom is 0.379 e. The van der Waals surface area contributed by atoms with Crippen molar-refractivity contribution in [1.82, 2.24) is 10.1 Å². The number of hydrogen-bond donors (Lipinski definition) is 0. The van der Waals surface area contributed by atoms with E-state index in [4.69, 9.17) is 9.26 Å². The topological polar surface area (TPSA) is 65.2 Å². The van der Waals surface area contributed by atoms with E-state index in [1.807, 2.05) is 0 Å². The molecule has 5 nitrogen and oxygen atoms in total. The van der Waals surface area contributed by atoms with Crippen LogP contribution in [0.5, 0.6) is 0 Å². The van der Waals surface area contributed by atoms with Gasteiger partial charge in [0.05, 0.1) is 6.61 Å². The Hall–Kier alpha value is -1.39. The number of nitrogens with zero attached hydrogens (tertiary/aromatic N) is 2. The third kappa shape index (κ3) is 2.36. The van der Waals surface area contributed by atoms with E-state index in [9.17, 15) is 4.79 Å². The van der Waals surface area contributed by atoms with Gasteiger partial charge in [0.15, 0.2) is 0 Å². The van der Waals surface area contributed by atoms with Crippen molar-refractivity contribution in [3.8, 4) is 0 Å². The van der Waals surface area contributed by atoms with Crippen molar-refractivity contribution in [3.05, 3.63) is 11.7 Å². The first-order valence-corrected chi connectivity index (χ1v) is 8.15. The third-order valence-corrected chi connectivity index (χ3v) is 5.62. The summed E-state index contributed by atoms with van der Waals surface area (Å²) in [7, 11) is 0. The molecule has 114 valence electrons. The van der Waals surface area contributed by atoms with Crippen LogP contribution >= 0.6 is 0 Å². The van der Waals surface area contributed by atoms with Crippen LogP contribution in [0.1, 0.15) is 62.0 Å². The van der Waals surface area contributed by atoms with Gasteiger partial charge in [-0.25, -0.2) is 4.79 Å². The fourth-order valence-corrected chi connectivity index (χ4v) is 5.43. The lowest BCUT2D eigenvalue weighted by molar-refractivity contribution is -0.0556. The molecule has 5 rings (SSSR count). The van der Waals surface area contributed by atoms with Crippen LogP contribution in [0, 0.1) is 23.2 Å². The summed E-state index contributed by atoms with van der Waals surface area (Å²) in [6.07, 6.45) is 9.02. The van der Waals surface area contributed by atoms with Crippen LogP contribution in [0.3, 0.4) is 0 Å². The molecular formula is C16H22N2O3. The van der Waals surface area contributed by atoms with Gasteiger partial charge in [0.2, 0.25) is 5.89 Å². The van der Waals surface area contributed by atoms with E-state index in [0.29, 0.717) is 17.9 Å². The van der Waals surface area contributed by atoms with E-state index in [2.05, 4.69) is 10.1 Å². The minimum Gasteiger partial charge on any atom is -0.460 e. The van der Waals surface area contributed by atoms with Gasteiger partial charge in [0.1, 0.15) is 0 Å². The van der Waals surface area contributed by atoms with Crippen molar-refractivity contribution >= 4 is 5.97 Å². The van der Waals surface area contributed by atoms with Crippen LogP contribution in [-0.2, 0) is 11.2 Å². The molecule has 0 amide bonds. The van der Waals surface area contributed by atoms with Crippen LogP contribution in [0.4, 0.5) is 0 Å². The molecule has 0 unspecified atom stereocenters. The van der Waals surface area contributed by atoms with E-state index < -0.39 is 5.97 Å². The predicted octanol–water partition coefficient (Wildman–Crippen LogP) is 3.01. The lowest BCUT2D eigenvalue weighted by atomic mass is 9.49. The largest absolute Gasteiger partial charge is 0.460 e. The highest BCUT2D eigenvalue weighted by Gasteiger charge is 2.51. The lowest BCUT2D eigenvalue weighted by Gasteiger charge is -2.56. The summed E-state index contributed by atoms with van der Waals surface area (Å²) in [6.45, 7) is 2.10. The van der Waals surface area contributed by atoms with Gasteiger partial charge in [0, 0.05) is 6.42 Å². The van der Waals surface area contributed by atoms with E-state index in [0.717, 1.165) is 24.2 Å². The van der Waals surface area contributed by atoms with Crippen molar-refractivity contribution in [1.29, 1.82) is 0 Å². The van der Waals surface area contributed by atoms with Crippen molar-refractivity contribution in [2.24, 2.45) is 23.2 Å². The molecule has 0 N–H and O–H groups in total. The molecule has 1 aromatic heterocycles. The highest BCUT2D eigenvalue weighted by Crippen LogP contribution is 2.60. The summed E-state index contributed by atoms with van der Waals surface area (Å²) in [5, 5.41) is 3.77. The number of carbonyl (C=O) groups excluding carboxylic acids is 1. The molecule has 1 aromatic rings. The monoisotopic (exact) mass is 290 g/mol. The fraction of sp³-hybridized carbons (Fsp3) is 0.812. The molecule has 0 atom stereocenters. The second-order valence-electron chi connectivity index (χ2n) is 7.33. The van der Waals surface area contributed by atoms with Gasteiger partial charge in [-0.2, -0.15) is 4.98 Å². The highest BCUT2D eigenvalue weighted by atomic mass is 16.5. The zero-order valence-corrected chi connectivity index (χ0v) is 12.5. The Kier molecular flexibility index (Phi) is 3.05. The van der Waals surface area contributed by atoms with Gasteiger partial charge in [-0.15, -0.1) is 0 Å². The van der Waals surface area contributed by atoms with E-state index in [-0.39, 0.29) is 5.82 Å². The Morgan fingerprint density at radius 1 is 1.24 bits per heavy atom. The van der Waals surface area contributed by atoms with E-state index in [1.165, 1.54) is 38.5 Å². The van der Waals surface area contributed by atoms with E-state index in [1.54, 1.807) is 6.92 Å². The number of hydrogen-bond acceptors (Lipinski definition) is 5. The first-order chi connectivity index (χ1) is 10.2. The van der Waals surface area contributed by atoms with Gasteiger partial charge in [-0.3, -0.25) is 0 Å². The van der Waals surface area contributed by atoms with Crippen molar-refractivity contribution in [3.63, 3.8) is 0 Å². The Morgan fingerprint density at radius 3 is 2.43 bits per heavy atom. The number of esters is 1. The number of carbonyl (C=O) groups is 1. The van der Waals surface area contributed by atoms with Gasteiger partial charge < -0.3 is 9.26 Å². The molecule has 4 bridgehead atoms. The molecule has 4 fully saturated rings. The second kappa shape index (κ2) is 4.82. The summed E-state index contributed by atoms with van der Waals surface area (Å²) in [6, 6.07) is 0. The first kappa shape index (κ1) is 13.3. The molecule has 4 saturated carbocycles. The fourth-order valence-electron chi connectivity index (χ4n) is 5.43. The van der Waals surface area contributed by atoms with Crippen molar-refractivity contribution in [2.75, 3.05) is 6.61 Å². The molecule has 21 heavy (non-hydrogen) atoms. The Balaban J connectivity index is 1.50. The molecule has 0 aromatic carbocycles. The maximum atomic E-state index is 11.6.